The van der Waals surface area contributed by atoms with E-state index in [1.807, 2.05) is 27.0 Å². The number of ether oxygens (including phenoxy) is 1. The van der Waals surface area contributed by atoms with Crippen LogP contribution in [0, 0.1) is 0 Å². The van der Waals surface area contributed by atoms with Crippen LogP contribution in [0.1, 0.15) is 20.3 Å². The molecule has 2 N–H and O–H groups in total. The van der Waals surface area contributed by atoms with Crippen molar-refractivity contribution in [2.75, 3.05) is 11.9 Å². The first-order valence-electron chi connectivity index (χ1n) is 7.49. The van der Waals surface area contributed by atoms with E-state index in [1.54, 1.807) is 23.0 Å². The van der Waals surface area contributed by atoms with E-state index in [9.17, 15) is 4.79 Å². The van der Waals surface area contributed by atoms with E-state index in [1.165, 1.54) is 0 Å². The van der Waals surface area contributed by atoms with Crippen LogP contribution in [0.2, 0.25) is 0 Å². The van der Waals surface area contributed by atoms with Gasteiger partial charge in [-0.1, -0.05) is 0 Å². The van der Waals surface area contributed by atoms with E-state index in [2.05, 4.69) is 25.9 Å². The standard InChI is InChI=1S/C15H20N6O2/c1-15(2)12(7-9-23-15)17-14(22)18-13-5-4-10(19-20-13)11-6-8-16-21(11)3/h4-6,8,12H,7,9H2,1-3H3,(H2,17,18,20,22). The van der Waals surface area contributed by atoms with Gasteiger partial charge in [-0.15, -0.1) is 10.2 Å². The molecule has 0 aromatic carbocycles. The summed E-state index contributed by atoms with van der Waals surface area (Å²) in [6.07, 6.45) is 2.49. The van der Waals surface area contributed by atoms with Gasteiger partial charge in [-0.25, -0.2) is 4.79 Å². The minimum Gasteiger partial charge on any atom is -0.373 e. The molecule has 8 nitrogen and oxygen atoms in total. The van der Waals surface area contributed by atoms with Gasteiger partial charge >= 0.3 is 6.03 Å². The second kappa shape index (κ2) is 5.96. The van der Waals surface area contributed by atoms with Gasteiger partial charge in [0, 0.05) is 19.9 Å². The highest BCUT2D eigenvalue weighted by Crippen LogP contribution is 2.24. The number of nitrogens with one attached hydrogen (secondary N) is 2. The number of rotatable bonds is 3. The summed E-state index contributed by atoms with van der Waals surface area (Å²) >= 11 is 0. The number of aromatic nitrogens is 4. The second-order valence-electron chi connectivity index (χ2n) is 6.04. The SMILES string of the molecule is Cn1nccc1-c1ccc(NC(=O)NC2CCOC2(C)C)nn1. The smallest absolute Gasteiger partial charge is 0.320 e. The maximum absolute atomic E-state index is 12.1. The summed E-state index contributed by atoms with van der Waals surface area (Å²) in [7, 11) is 1.84. The lowest BCUT2D eigenvalue weighted by Gasteiger charge is -2.26. The van der Waals surface area contributed by atoms with E-state index >= 15 is 0 Å². The Labute approximate surface area is 134 Å². The lowest BCUT2D eigenvalue weighted by atomic mass is 9.99. The van der Waals surface area contributed by atoms with Crippen molar-refractivity contribution in [3.05, 3.63) is 24.4 Å². The number of carbonyl (C=O) groups excluding carboxylic acids is 1. The van der Waals surface area contributed by atoms with Gasteiger partial charge < -0.3 is 10.1 Å². The molecule has 8 heteroatoms. The largest absolute Gasteiger partial charge is 0.373 e. The van der Waals surface area contributed by atoms with Crippen LogP contribution in [-0.4, -0.2) is 44.3 Å². The fourth-order valence-corrected chi connectivity index (χ4v) is 2.61. The van der Waals surface area contributed by atoms with Gasteiger partial charge in [0.25, 0.3) is 0 Å². The van der Waals surface area contributed by atoms with Crippen LogP contribution in [0.5, 0.6) is 0 Å². The number of amides is 2. The molecule has 1 saturated heterocycles. The number of carbonyl (C=O) groups is 1. The van der Waals surface area contributed by atoms with Crippen LogP contribution < -0.4 is 10.6 Å². The average molecular weight is 316 g/mol. The van der Waals surface area contributed by atoms with Crippen LogP contribution in [0.4, 0.5) is 10.6 Å². The summed E-state index contributed by atoms with van der Waals surface area (Å²) in [5.74, 6) is 0.394. The molecule has 1 aliphatic rings. The van der Waals surface area contributed by atoms with E-state index in [0.29, 0.717) is 18.1 Å². The molecule has 1 aliphatic heterocycles. The number of anilines is 1. The first-order chi connectivity index (χ1) is 11.0. The fourth-order valence-electron chi connectivity index (χ4n) is 2.61. The van der Waals surface area contributed by atoms with Crippen molar-refractivity contribution in [1.29, 1.82) is 0 Å². The van der Waals surface area contributed by atoms with Crippen LogP contribution in [0.3, 0.4) is 0 Å². The van der Waals surface area contributed by atoms with Crippen molar-refractivity contribution < 1.29 is 9.53 Å². The first kappa shape index (κ1) is 15.4. The van der Waals surface area contributed by atoms with Crippen molar-refractivity contribution >= 4 is 11.8 Å². The van der Waals surface area contributed by atoms with Gasteiger partial charge in [0.2, 0.25) is 0 Å². The van der Waals surface area contributed by atoms with Gasteiger partial charge in [0.1, 0.15) is 5.69 Å². The molecule has 3 rings (SSSR count). The Balaban J connectivity index is 1.62. The Bertz CT molecular complexity index is 694. The molecule has 0 aliphatic carbocycles. The molecule has 2 aromatic heterocycles. The van der Waals surface area contributed by atoms with E-state index in [-0.39, 0.29) is 17.7 Å². The van der Waals surface area contributed by atoms with Crippen molar-refractivity contribution in [3.8, 4) is 11.4 Å². The van der Waals surface area contributed by atoms with Crippen molar-refractivity contribution in [1.82, 2.24) is 25.3 Å². The Morgan fingerprint density at radius 1 is 1.35 bits per heavy atom. The summed E-state index contributed by atoms with van der Waals surface area (Å²) in [5, 5.41) is 17.8. The Morgan fingerprint density at radius 2 is 2.17 bits per heavy atom. The summed E-state index contributed by atoms with van der Waals surface area (Å²) in [6.45, 7) is 4.58. The van der Waals surface area contributed by atoms with Gasteiger partial charge in [-0.3, -0.25) is 10.00 Å². The number of nitrogens with zero attached hydrogens (tertiary/aromatic N) is 4. The van der Waals surface area contributed by atoms with E-state index < -0.39 is 0 Å². The highest BCUT2D eigenvalue weighted by atomic mass is 16.5. The van der Waals surface area contributed by atoms with E-state index in [0.717, 1.165) is 12.1 Å². The monoisotopic (exact) mass is 316 g/mol. The minimum atomic E-state index is -0.355. The number of urea groups is 1. The molecule has 122 valence electrons. The highest BCUT2D eigenvalue weighted by molar-refractivity contribution is 5.88. The fraction of sp³-hybridized carbons (Fsp3) is 0.467. The predicted octanol–water partition coefficient (Wildman–Crippen LogP) is 1.57. The Kier molecular flexibility index (Phi) is 3.99. The quantitative estimate of drug-likeness (QED) is 0.896. The Morgan fingerprint density at radius 3 is 2.74 bits per heavy atom. The topological polar surface area (TPSA) is 94.0 Å². The number of aryl methyl sites for hydroxylation is 1. The third-order valence-corrected chi connectivity index (χ3v) is 4.01. The van der Waals surface area contributed by atoms with Crippen LogP contribution in [-0.2, 0) is 11.8 Å². The highest BCUT2D eigenvalue weighted by Gasteiger charge is 2.36. The molecule has 1 unspecified atom stereocenters. The summed E-state index contributed by atoms with van der Waals surface area (Å²) in [5.41, 5.74) is 1.20. The van der Waals surface area contributed by atoms with E-state index in [4.69, 9.17) is 4.74 Å². The average Bonchev–Trinajstić information content (AvgIpc) is 3.06. The van der Waals surface area contributed by atoms with Crippen LogP contribution in [0.15, 0.2) is 24.4 Å². The zero-order valence-electron chi connectivity index (χ0n) is 13.4. The zero-order chi connectivity index (χ0) is 16.4. The molecule has 0 spiro atoms. The maximum Gasteiger partial charge on any atom is 0.320 e. The summed E-state index contributed by atoms with van der Waals surface area (Å²) in [6, 6.07) is 5.03. The molecule has 2 aromatic rings. The predicted molar refractivity (Wildman–Crippen MR) is 84.8 cm³/mol. The Hall–Kier alpha value is -2.48. The number of hydrogen-bond acceptors (Lipinski definition) is 5. The van der Waals surface area contributed by atoms with Crippen LogP contribution in [0.25, 0.3) is 11.4 Å². The molecule has 1 fully saturated rings. The third kappa shape index (κ3) is 3.31. The number of hydrogen-bond donors (Lipinski definition) is 2. The molecular formula is C15H20N6O2. The first-order valence-corrected chi connectivity index (χ1v) is 7.49. The normalized spacial score (nSPS) is 19.5. The lowest BCUT2D eigenvalue weighted by Crippen LogP contribution is -2.47. The molecule has 0 saturated carbocycles. The molecule has 0 bridgehead atoms. The van der Waals surface area contributed by atoms with Gasteiger partial charge in [-0.05, 0) is 38.5 Å². The van der Waals surface area contributed by atoms with Crippen molar-refractivity contribution in [2.45, 2.75) is 31.9 Å². The van der Waals surface area contributed by atoms with Gasteiger partial charge in [0.15, 0.2) is 5.82 Å². The van der Waals surface area contributed by atoms with Crippen molar-refractivity contribution in [2.24, 2.45) is 7.05 Å². The molecular weight excluding hydrogens is 296 g/mol. The molecule has 2 amide bonds. The van der Waals surface area contributed by atoms with Gasteiger partial charge in [-0.2, -0.15) is 5.10 Å². The second-order valence-corrected chi connectivity index (χ2v) is 6.04. The third-order valence-electron chi connectivity index (χ3n) is 4.01. The zero-order valence-corrected chi connectivity index (χ0v) is 13.4. The van der Waals surface area contributed by atoms with Gasteiger partial charge in [0.05, 0.1) is 17.3 Å². The lowest BCUT2D eigenvalue weighted by molar-refractivity contribution is 0.0238. The summed E-state index contributed by atoms with van der Waals surface area (Å²) in [4.78, 5) is 12.1. The molecule has 0 radical (unpaired) electrons. The minimum absolute atomic E-state index is 0.0239. The molecule has 3 heterocycles. The molecule has 1 atom stereocenters. The van der Waals surface area contributed by atoms with Crippen LogP contribution >= 0.6 is 0 Å². The van der Waals surface area contributed by atoms with Crippen molar-refractivity contribution in [3.63, 3.8) is 0 Å². The molecule has 23 heavy (non-hydrogen) atoms. The summed E-state index contributed by atoms with van der Waals surface area (Å²) < 4.78 is 7.31. The maximum atomic E-state index is 12.1.